The Morgan fingerprint density at radius 3 is 2.41 bits per heavy atom. The first-order valence-corrected chi connectivity index (χ1v) is 10.5. The summed E-state index contributed by atoms with van der Waals surface area (Å²) in [5, 5.41) is 2.86. The summed E-state index contributed by atoms with van der Waals surface area (Å²) in [6, 6.07) is 10.9. The molecule has 0 aliphatic heterocycles. The van der Waals surface area contributed by atoms with Crippen molar-refractivity contribution in [3.05, 3.63) is 92.6 Å². The SMILES string of the molecule is Cc1cccc(NC(=O)c2c3c(cn(-c4ccc(F)cc4)c2=O)C(=O)CC(C)(C)C3)c1C. The Bertz CT molecular complexity index is 1300. The van der Waals surface area contributed by atoms with E-state index < -0.39 is 17.3 Å². The zero-order chi connectivity index (χ0) is 23.2. The number of pyridine rings is 1. The second kappa shape index (κ2) is 7.86. The largest absolute Gasteiger partial charge is 0.322 e. The van der Waals surface area contributed by atoms with E-state index in [1.54, 1.807) is 6.07 Å². The first kappa shape index (κ1) is 21.7. The van der Waals surface area contributed by atoms with Gasteiger partial charge in [0.1, 0.15) is 11.4 Å². The second-order valence-electron chi connectivity index (χ2n) is 9.19. The molecule has 0 bridgehead atoms. The van der Waals surface area contributed by atoms with E-state index in [2.05, 4.69) is 5.32 Å². The van der Waals surface area contributed by atoms with Crippen LogP contribution >= 0.6 is 0 Å². The third kappa shape index (κ3) is 3.88. The minimum Gasteiger partial charge on any atom is -0.322 e. The van der Waals surface area contributed by atoms with Crippen LogP contribution < -0.4 is 10.9 Å². The highest BCUT2D eigenvalue weighted by atomic mass is 19.1. The number of hydrogen-bond donors (Lipinski definition) is 1. The van der Waals surface area contributed by atoms with Crippen molar-refractivity contribution in [2.75, 3.05) is 5.32 Å². The van der Waals surface area contributed by atoms with Gasteiger partial charge in [-0.3, -0.25) is 19.0 Å². The average Bonchev–Trinajstić information content (AvgIpc) is 2.71. The Morgan fingerprint density at radius 2 is 1.72 bits per heavy atom. The van der Waals surface area contributed by atoms with Gasteiger partial charge in [0.05, 0.1) is 0 Å². The van der Waals surface area contributed by atoms with Crippen molar-refractivity contribution < 1.29 is 14.0 Å². The summed E-state index contributed by atoms with van der Waals surface area (Å²) in [6.45, 7) is 7.74. The number of amides is 1. The number of carbonyl (C=O) groups excluding carboxylic acids is 2. The lowest BCUT2D eigenvalue weighted by Gasteiger charge is -2.31. The highest BCUT2D eigenvalue weighted by Crippen LogP contribution is 2.36. The molecule has 0 atom stereocenters. The molecule has 32 heavy (non-hydrogen) atoms. The topological polar surface area (TPSA) is 68.2 Å². The molecule has 0 unspecified atom stereocenters. The van der Waals surface area contributed by atoms with Crippen LogP contribution in [0.25, 0.3) is 5.69 Å². The predicted molar refractivity (Wildman–Crippen MR) is 122 cm³/mol. The van der Waals surface area contributed by atoms with Crippen molar-refractivity contribution in [2.24, 2.45) is 5.41 Å². The molecule has 0 saturated heterocycles. The minimum absolute atomic E-state index is 0.0474. The van der Waals surface area contributed by atoms with Crippen LogP contribution in [-0.2, 0) is 6.42 Å². The van der Waals surface area contributed by atoms with Gasteiger partial charge >= 0.3 is 0 Å². The lowest BCUT2D eigenvalue weighted by Crippen LogP contribution is -2.37. The van der Waals surface area contributed by atoms with Crippen LogP contribution in [0.1, 0.15) is 57.7 Å². The van der Waals surface area contributed by atoms with Crippen LogP contribution in [0.3, 0.4) is 0 Å². The van der Waals surface area contributed by atoms with Crippen molar-refractivity contribution in [1.82, 2.24) is 4.57 Å². The quantitative estimate of drug-likeness (QED) is 0.633. The molecular weight excluding hydrogens is 407 g/mol. The summed E-state index contributed by atoms with van der Waals surface area (Å²) in [4.78, 5) is 39.9. The highest BCUT2D eigenvalue weighted by molar-refractivity contribution is 6.09. The number of aryl methyl sites for hydroxylation is 1. The molecule has 6 heteroatoms. The van der Waals surface area contributed by atoms with E-state index in [1.165, 1.54) is 35.0 Å². The van der Waals surface area contributed by atoms with Gasteiger partial charge in [-0.2, -0.15) is 0 Å². The van der Waals surface area contributed by atoms with Gasteiger partial charge in [0.2, 0.25) is 0 Å². The first-order valence-electron chi connectivity index (χ1n) is 10.5. The first-order chi connectivity index (χ1) is 15.1. The van der Waals surface area contributed by atoms with Crippen molar-refractivity contribution >= 4 is 17.4 Å². The van der Waals surface area contributed by atoms with Crippen LogP contribution in [0.4, 0.5) is 10.1 Å². The van der Waals surface area contributed by atoms with Gasteiger partial charge in [-0.25, -0.2) is 4.39 Å². The molecule has 2 aromatic carbocycles. The molecule has 5 nitrogen and oxygen atoms in total. The van der Waals surface area contributed by atoms with Crippen molar-refractivity contribution in [1.29, 1.82) is 0 Å². The maximum atomic E-state index is 13.5. The molecule has 1 aliphatic carbocycles. The Morgan fingerprint density at radius 1 is 1.03 bits per heavy atom. The summed E-state index contributed by atoms with van der Waals surface area (Å²) in [6.07, 6.45) is 2.24. The highest BCUT2D eigenvalue weighted by Gasteiger charge is 2.36. The van der Waals surface area contributed by atoms with Gasteiger partial charge in [0.15, 0.2) is 5.78 Å². The maximum absolute atomic E-state index is 13.5. The Kier molecular flexibility index (Phi) is 5.33. The van der Waals surface area contributed by atoms with Gasteiger partial charge in [0.25, 0.3) is 11.5 Å². The van der Waals surface area contributed by atoms with Gasteiger partial charge in [-0.05, 0) is 72.7 Å². The molecule has 1 N–H and O–H groups in total. The lowest BCUT2D eigenvalue weighted by atomic mass is 9.73. The molecule has 3 aromatic rings. The number of aromatic nitrogens is 1. The van der Waals surface area contributed by atoms with Crippen LogP contribution in [0, 0.1) is 25.1 Å². The lowest BCUT2D eigenvalue weighted by molar-refractivity contribution is 0.0910. The fourth-order valence-electron chi connectivity index (χ4n) is 4.24. The zero-order valence-corrected chi connectivity index (χ0v) is 18.6. The Balaban J connectivity index is 1.92. The average molecular weight is 432 g/mol. The molecule has 0 spiro atoms. The molecule has 0 radical (unpaired) electrons. The van der Waals surface area contributed by atoms with E-state index in [0.29, 0.717) is 35.3 Å². The van der Waals surface area contributed by atoms with E-state index in [-0.39, 0.29) is 16.8 Å². The molecule has 1 amide bonds. The predicted octanol–water partition coefficient (Wildman–Crippen LogP) is 5.00. The molecule has 1 aliphatic rings. The normalized spacial score (nSPS) is 14.7. The fourth-order valence-corrected chi connectivity index (χ4v) is 4.24. The third-order valence-electron chi connectivity index (χ3n) is 6.10. The monoisotopic (exact) mass is 432 g/mol. The number of nitrogens with zero attached hydrogens (tertiary/aromatic N) is 1. The Hall–Kier alpha value is -3.54. The van der Waals surface area contributed by atoms with E-state index in [4.69, 9.17) is 0 Å². The van der Waals surface area contributed by atoms with Gasteiger partial charge in [0, 0.05) is 29.6 Å². The molecule has 0 fully saturated rings. The molecule has 1 aromatic heterocycles. The van der Waals surface area contributed by atoms with Gasteiger partial charge < -0.3 is 5.32 Å². The number of nitrogens with one attached hydrogen (secondary N) is 1. The number of anilines is 1. The zero-order valence-electron chi connectivity index (χ0n) is 18.6. The molecule has 164 valence electrons. The van der Waals surface area contributed by atoms with Crippen molar-refractivity contribution in [3.63, 3.8) is 0 Å². The van der Waals surface area contributed by atoms with Crippen LogP contribution in [-0.4, -0.2) is 16.3 Å². The number of carbonyl (C=O) groups is 2. The van der Waals surface area contributed by atoms with Crippen LogP contribution in [0.2, 0.25) is 0 Å². The molecular formula is C26H25FN2O3. The minimum atomic E-state index is -0.554. The third-order valence-corrected chi connectivity index (χ3v) is 6.10. The maximum Gasteiger partial charge on any atom is 0.268 e. The second-order valence-corrected chi connectivity index (χ2v) is 9.19. The molecule has 1 heterocycles. The smallest absolute Gasteiger partial charge is 0.268 e. The Labute approximate surface area is 185 Å². The van der Waals surface area contributed by atoms with Gasteiger partial charge in [-0.1, -0.05) is 26.0 Å². The number of Topliss-reactive ketones (excluding diaryl/α,β-unsaturated/α-hetero) is 1. The van der Waals surface area contributed by atoms with Crippen molar-refractivity contribution in [3.8, 4) is 5.69 Å². The van der Waals surface area contributed by atoms with E-state index in [0.717, 1.165) is 11.1 Å². The summed E-state index contributed by atoms with van der Waals surface area (Å²) in [5.74, 6) is -1.11. The number of fused-ring (bicyclic) bond motifs is 1. The summed E-state index contributed by atoms with van der Waals surface area (Å²) in [5.41, 5.74) is 2.79. The van der Waals surface area contributed by atoms with Gasteiger partial charge in [-0.15, -0.1) is 0 Å². The fraction of sp³-hybridized carbons (Fsp3) is 0.269. The summed E-state index contributed by atoms with van der Waals surface area (Å²) < 4.78 is 14.7. The summed E-state index contributed by atoms with van der Waals surface area (Å²) in [7, 11) is 0. The van der Waals surface area contributed by atoms with E-state index in [9.17, 15) is 18.8 Å². The molecule has 0 saturated carbocycles. The number of halogens is 1. The number of hydrogen-bond acceptors (Lipinski definition) is 3. The number of ketones is 1. The van der Waals surface area contributed by atoms with Crippen molar-refractivity contribution in [2.45, 2.75) is 40.5 Å². The van der Waals surface area contributed by atoms with E-state index >= 15 is 0 Å². The van der Waals surface area contributed by atoms with Crippen LogP contribution in [0.5, 0.6) is 0 Å². The number of rotatable bonds is 3. The molecule has 4 rings (SSSR count). The summed E-state index contributed by atoms with van der Waals surface area (Å²) >= 11 is 0. The standard InChI is InChI=1S/C26H25FN2O3/c1-15-6-5-7-21(16(15)2)28-24(31)23-19-12-26(3,4)13-22(30)20(19)14-29(25(23)32)18-10-8-17(27)9-11-18/h5-11,14H,12-13H2,1-4H3,(H,28,31). The number of benzene rings is 2. The van der Waals surface area contributed by atoms with Crippen LogP contribution in [0.15, 0.2) is 53.5 Å². The van der Waals surface area contributed by atoms with E-state index in [1.807, 2.05) is 39.8 Å².